The van der Waals surface area contributed by atoms with Crippen LogP contribution in [0.4, 0.5) is 5.69 Å². The molecule has 0 bridgehead atoms. The predicted molar refractivity (Wildman–Crippen MR) is 75.9 cm³/mol. The third-order valence-electron chi connectivity index (χ3n) is 2.89. The van der Waals surface area contributed by atoms with Gasteiger partial charge in [0.25, 0.3) is 0 Å². The van der Waals surface area contributed by atoms with Gasteiger partial charge in [0, 0.05) is 29.5 Å². The fourth-order valence-electron chi connectivity index (χ4n) is 1.84. The third-order valence-corrected chi connectivity index (χ3v) is 3.91. The Labute approximate surface area is 110 Å². The van der Waals surface area contributed by atoms with Crippen LogP contribution in [0.25, 0.3) is 11.0 Å². The quantitative estimate of drug-likeness (QED) is 0.777. The molecule has 0 atom stereocenters. The first-order chi connectivity index (χ1) is 8.83. The highest BCUT2D eigenvalue weighted by atomic mass is 32.1. The lowest BCUT2D eigenvalue weighted by Gasteiger charge is -2.06. The summed E-state index contributed by atoms with van der Waals surface area (Å²) in [6, 6.07) is 8.21. The SMILES string of the molecule is Cc1ccsc1CNc1ccc2nccnc2c1. The molecule has 18 heavy (non-hydrogen) atoms. The third kappa shape index (κ3) is 2.19. The van der Waals surface area contributed by atoms with E-state index >= 15 is 0 Å². The zero-order chi connectivity index (χ0) is 12.4. The van der Waals surface area contributed by atoms with Crippen LogP contribution in [0.2, 0.25) is 0 Å². The van der Waals surface area contributed by atoms with E-state index in [2.05, 4.69) is 33.7 Å². The molecule has 0 aliphatic heterocycles. The molecular formula is C14H13N3S. The summed E-state index contributed by atoms with van der Waals surface area (Å²) in [4.78, 5) is 9.93. The number of aromatic nitrogens is 2. The average Bonchev–Trinajstić information content (AvgIpc) is 2.82. The van der Waals surface area contributed by atoms with Crippen LogP contribution in [-0.4, -0.2) is 9.97 Å². The average molecular weight is 255 g/mol. The largest absolute Gasteiger partial charge is 0.380 e. The Morgan fingerprint density at radius 2 is 1.94 bits per heavy atom. The minimum Gasteiger partial charge on any atom is -0.380 e. The lowest BCUT2D eigenvalue weighted by molar-refractivity contribution is 1.17. The molecule has 3 aromatic rings. The maximum Gasteiger partial charge on any atom is 0.0907 e. The fourth-order valence-corrected chi connectivity index (χ4v) is 2.69. The van der Waals surface area contributed by atoms with Crippen molar-refractivity contribution in [2.75, 3.05) is 5.32 Å². The summed E-state index contributed by atoms with van der Waals surface area (Å²) in [5, 5.41) is 5.55. The van der Waals surface area contributed by atoms with Gasteiger partial charge in [0.1, 0.15) is 0 Å². The van der Waals surface area contributed by atoms with Gasteiger partial charge < -0.3 is 5.32 Å². The molecule has 90 valence electrons. The second-order valence-corrected chi connectivity index (χ2v) is 5.14. The summed E-state index contributed by atoms with van der Waals surface area (Å²) in [6.45, 7) is 2.99. The Balaban J connectivity index is 1.81. The summed E-state index contributed by atoms with van der Waals surface area (Å²) < 4.78 is 0. The lowest BCUT2D eigenvalue weighted by Crippen LogP contribution is -1.98. The molecule has 0 amide bonds. The maximum absolute atomic E-state index is 4.30. The van der Waals surface area contributed by atoms with Gasteiger partial charge in [-0.1, -0.05) is 0 Å². The smallest absolute Gasteiger partial charge is 0.0907 e. The normalized spacial score (nSPS) is 10.7. The van der Waals surface area contributed by atoms with Crippen LogP contribution < -0.4 is 5.32 Å². The predicted octanol–water partition coefficient (Wildman–Crippen LogP) is 3.61. The molecule has 0 aliphatic carbocycles. The maximum atomic E-state index is 4.30. The zero-order valence-corrected chi connectivity index (χ0v) is 10.9. The van der Waals surface area contributed by atoms with E-state index in [1.165, 1.54) is 10.4 Å². The number of nitrogens with zero attached hydrogens (tertiary/aromatic N) is 2. The van der Waals surface area contributed by atoms with Gasteiger partial charge >= 0.3 is 0 Å². The molecule has 0 aliphatic rings. The minimum absolute atomic E-state index is 0.856. The Bertz CT molecular complexity index is 675. The van der Waals surface area contributed by atoms with Crippen LogP contribution >= 0.6 is 11.3 Å². The second kappa shape index (κ2) is 4.74. The Morgan fingerprint density at radius 3 is 2.72 bits per heavy atom. The molecule has 0 spiro atoms. The molecule has 0 fully saturated rings. The van der Waals surface area contributed by atoms with Gasteiger partial charge in [0.15, 0.2) is 0 Å². The van der Waals surface area contributed by atoms with Gasteiger partial charge in [0.05, 0.1) is 11.0 Å². The van der Waals surface area contributed by atoms with E-state index < -0.39 is 0 Å². The molecule has 1 aromatic carbocycles. The van der Waals surface area contributed by atoms with E-state index in [9.17, 15) is 0 Å². The zero-order valence-electron chi connectivity index (χ0n) is 10.1. The van der Waals surface area contributed by atoms with Gasteiger partial charge in [0.2, 0.25) is 0 Å². The van der Waals surface area contributed by atoms with Gasteiger partial charge in [-0.15, -0.1) is 11.3 Å². The van der Waals surface area contributed by atoms with E-state index in [1.54, 1.807) is 23.7 Å². The van der Waals surface area contributed by atoms with Crippen LogP contribution in [0, 0.1) is 6.92 Å². The van der Waals surface area contributed by atoms with Crippen molar-refractivity contribution in [2.24, 2.45) is 0 Å². The van der Waals surface area contributed by atoms with E-state index in [-0.39, 0.29) is 0 Å². The Hall–Kier alpha value is -1.94. The van der Waals surface area contributed by atoms with Gasteiger partial charge in [-0.25, -0.2) is 0 Å². The fraction of sp³-hybridized carbons (Fsp3) is 0.143. The topological polar surface area (TPSA) is 37.8 Å². The number of fused-ring (bicyclic) bond motifs is 1. The Morgan fingerprint density at radius 1 is 1.11 bits per heavy atom. The summed E-state index contributed by atoms with van der Waals surface area (Å²) in [7, 11) is 0. The lowest BCUT2D eigenvalue weighted by atomic mass is 10.2. The standard InChI is InChI=1S/C14H13N3S/c1-10-4-7-18-14(10)9-17-11-2-3-12-13(8-11)16-6-5-15-12/h2-8,17H,9H2,1H3. The number of thiophene rings is 1. The number of aryl methyl sites for hydroxylation is 1. The van der Waals surface area contributed by atoms with E-state index in [4.69, 9.17) is 0 Å². The molecule has 0 unspecified atom stereocenters. The number of hydrogen-bond acceptors (Lipinski definition) is 4. The van der Waals surface area contributed by atoms with Crippen molar-refractivity contribution in [1.29, 1.82) is 0 Å². The number of benzene rings is 1. The molecule has 3 rings (SSSR count). The van der Waals surface area contributed by atoms with E-state index in [1.807, 2.05) is 18.2 Å². The molecule has 0 saturated carbocycles. The van der Waals surface area contributed by atoms with Crippen LogP contribution in [0.3, 0.4) is 0 Å². The van der Waals surface area contributed by atoms with Crippen LogP contribution in [0.5, 0.6) is 0 Å². The second-order valence-electron chi connectivity index (χ2n) is 4.14. The van der Waals surface area contributed by atoms with Gasteiger partial charge in [-0.05, 0) is 42.1 Å². The molecule has 1 N–H and O–H groups in total. The summed E-state index contributed by atoms with van der Waals surface area (Å²) >= 11 is 1.78. The molecule has 4 heteroatoms. The number of nitrogens with one attached hydrogen (secondary N) is 1. The Kier molecular flexibility index (Phi) is 2.94. The van der Waals surface area contributed by atoms with Gasteiger partial charge in [-0.2, -0.15) is 0 Å². The highest BCUT2D eigenvalue weighted by Gasteiger charge is 2.01. The summed E-state index contributed by atoms with van der Waals surface area (Å²) in [5.74, 6) is 0. The van der Waals surface area contributed by atoms with E-state index in [0.29, 0.717) is 0 Å². The van der Waals surface area contributed by atoms with Crippen molar-refractivity contribution < 1.29 is 0 Å². The van der Waals surface area contributed by atoms with Crippen molar-refractivity contribution in [2.45, 2.75) is 13.5 Å². The number of hydrogen-bond donors (Lipinski definition) is 1. The monoisotopic (exact) mass is 255 g/mol. The molecule has 0 saturated heterocycles. The molecule has 2 aromatic heterocycles. The van der Waals surface area contributed by atoms with Crippen molar-refractivity contribution in [3.8, 4) is 0 Å². The van der Waals surface area contributed by atoms with E-state index in [0.717, 1.165) is 23.3 Å². The summed E-state index contributed by atoms with van der Waals surface area (Å²) in [5.41, 5.74) is 4.27. The van der Waals surface area contributed by atoms with Crippen LogP contribution in [-0.2, 0) is 6.54 Å². The summed E-state index contributed by atoms with van der Waals surface area (Å²) in [6.07, 6.45) is 3.43. The minimum atomic E-state index is 0.856. The number of rotatable bonds is 3. The molecule has 3 nitrogen and oxygen atoms in total. The van der Waals surface area contributed by atoms with Crippen molar-refractivity contribution in [1.82, 2.24) is 9.97 Å². The van der Waals surface area contributed by atoms with Crippen LogP contribution in [0.15, 0.2) is 42.0 Å². The molecule has 2 heterocycles. The van der Waals surface area contributed by atoms with Gasteiger partial charge in [-0.3, -0.25) is 9.97 Å². The first-order valence-electron chi connectivity index (χ1n) is 5.80. The number of anilines is 1. The van der Waals surface area contributed by atoms with Crippen molar-refractivity contribution in [3.05, 3.63) is 52.5 Å². The highest BCUT2D eigenvalue weighted by molar-refractivity contribution is 7.10. The first-order valence-corrected chi connectivity index (χ1v) is 6.68. The van der Waals surface area contributed by atoms with Crippen molar-refractivity contribution in [3.63, 3.8) is 0 Å². The molecular weight excluding hydrogens is 242 g/mol. The highest BCUT2D eigenvalue weighted by Crippen LogP contribution is 2.19. The first kappa shape index (κ1) is 11.2. The van der Waals surface area contributed by atoms with Crippen LogP contribution in [0.1, 0.15) is 10.4 Å². The van der Waals surface area contributed by atoms with Crippen molar-refractivity contribution >= 4 is 28.1 Å². The molecule has 0 radical (unpaired) electrons.